The van der Waals surface area contributed by atoms with Gasteiger partial charge in [-0.05, 0) is 43.4 Å². The van der Waals surface area contributed by atoms with E-state index in [2.05, 4.69) is 19.0 Å². The molecule has 1 aromatic heterocycles. The second-order valence-electron chi connectivity index (χ2n) is 10.0. The summed E-state index contributed by atoms with van der Waals surface area (Å²) in [6.45, 7) is 7.78. The molecule has 0 saturated carbocycles. The molecule has 2 saturated heterocycles. The summed E-state index contributed by atoms with van der Waals surface area (Å²) in [7, 11) is 0. The van der Waals surface area contributed by atoms with Crippen LogP contribution >= 0.6 is 11.6 Å². The zero-order valence-electron chi connectivity index (χ0n) is 20.5. The third kappa shape index (κ3) is 6.76. The van der Waals surface area contributed by atoms with E-state index in [4.69, 9.17) is 25.6 Å². The fourth-order valence-corrected chi connectivity index (χ4v) is 5.00. The van der Waals surface area contributed by atoms with Crippen LogP contribution in [0.2, 0.25) is 5.02 Å². The van der Waals surface area contributed by atoms with Crippen molar-refractivity contribution in [3.05, 3.63) is 46.8 Å². The van der Waals surface area contributed by atoms with Gasteiger partial charge < -0.3 is 23.8 Å². The van der Waals surface area contributed by atoms with Crippen LogP contribution < -0.4 is 4.74 Å². The highest BCUT2D eigenvalue weighted by Gasteiger charge is 2.41. The van der Waals surface area contributed by atoms with Crippen molar-refractivity contribution in [2.45, 2.75) is 39.5 Å². The number of ether oxygens (including phenoxy) is 2. The molecule has 0 spiro atoms. The van der Waals surface area contributed by atoms with Crippen molar-refractivity contribution in [3.8, 4) is 5.75 Å². The number of morpholine rings is 1. The molecule has 0 radical (unpaired) electrons. The fraction of sp³-hybridized carbons (Fsp3) is 0.577. The number of hydrogen-bond donors (Lipinski definition) is 0. The zero-order valence-corrected chi connectivity index (χ0v) is 21.3. The molecule has 2 aliphatic rings. The van der Waals surface area contributed by atoms with Gasteiger partial charge in [0, 0.05) is 49.1 Å². The van der Waals surface area contributed by atoms with E-state index >= 15 is 0 Å². The molecule has 190 valence electrons. The number of rotatable bonds is 8. The number of hydrogen-bond acceptors (Lipinski definition) is 6. The van der Waals surface area contributed by atoms with Crippen LogP contribution in [0, 0.1) is 11.3 Å². The summed E-state index contributed by atoms with van der Waals surface area (Å²) in [6, 6.07) is 8.96. The second kappa shape index (κ2) is 11.4. The molecule has 0 aliphatic carbocycles. The number of nitrogens with zero attached hydrogens (tertiary/aromatic N) is 3. The molecule has 1 atom stereocenters. The van der Waals surface area contributed by atoms with Crippen LogP contribution in [0.4, 0.5) is 0 Å². The summed E-state index contributed by atoms with van der Waals surface area (Å²) in [5.74, 6) is 1.18. The maximum atomic E-state index is 13.3. The maximum absolute atomic E-state index is 13.3. The van der Waals surface area contributed by atoms with Gasteiger partial charge in [0.25, 0.3) is 5.91 Å². The lowest BCUT2D eigenvalue weighted by Gasteiger charge is -2.43. The molecule has 0 N–H and O–H groups in total. The Labute approximate surface area is 211 Å². The molecule has 2 fully saturated rings. The van der Waals surface area contributed by atoms with E-state index in [9.17, 15) is 9.59 Å². The van der Waals surface area contributed by atoms with Gasteiger partial charge in [0.15, 0.2) is 0 Å². The summed E-state index contributed by atoms with van der Waals surface area (Å²) in [6.07, 6.45) is 2.60. The van der Waals surface area contributed by atoms with Crippen molar-refractivity contribution >= 4 is 23.4 Å². The Bertz CT molecular complexity index is 1020. The Kier molecular flexibility index (Phi) is 8.34. The van der Waals surface area contributed by atoms with Gasteiger partial charge in [-0.3, -0.25) is 9.59 Å². The van der Waals surface area contributed by atoms with Gasteiger partial charge >= 0.3 is 0 Å². The monoisotopic (exact) mass is 503 g/mol. The third-order valence-electron chi connectivity index (χ3n) is 6.57. The van der Waals surface area contributed by atoms with E-state index in [0.29, 0.717) is 69.1 Å². The highest BCUT2D eigenvalue weighted by molar-refractivity contribution is 6.30. The Hall–Kier alpha value is -2.58. The number of likely N-dealkylation sites (tertiary alicyclic amines) is 1. The molecule has 35 heavy (non-hydrogen) atoms. The minimum atomic E-state index is -0.521. The number of piperidine rings is 1. The van der Waals surface area contributed by atoms with Crippen molar-refractivity contribution in [1.29, 1.82) is 0 Å². The summed E-state index contributed by atoms with van der Waals surface area (Å²) in [5, 5.41) is 4.66. The normalized spacial score (nSPS) is 20.8. The molecule has 1 aromatic carbocycles. The second-order valence-corrected chi connectivity index (χ2v) is 10.5. The molecule has 8 nitrogen and oxygen atoms in total. The van der Waals surface area contributed by atoms with E-state index in [1.165, 1.54) is 0 Å². The first-order valence-electron chi connectivity index (χ1n) is 12.3. The van der Waals surface area contributed by atoms with Crippen molar-refractivity contribution in [2.24, 2.45) is 11.3 Å². The Morgan fingerprint density at radius 2 is 1.97 bits per heavy atom. The average Bonchev–Trinajstić information content (AvgIpc) is 3.31. The number of carbonyl (C=O) groups excluding carboxylic acids is 2. The standard InChI is InChI=1S/C26H34ClN3O5/c1-19(2)13-21-15-23(35-28-21)25(32)30-8-4-7-26(17-30,16-24(31)29-9-11-33-12-10-29)18-34-22-6-3-5-20(27)14-22/h3,5-6,14-15,19H,4,7-13,16-18H2,1-2H3/t26-/m1/s1. The Morgan fingerprint density at radius 3 is 2.71 bits per heavy atom. The van der Waals surface area contributed by atoms with Crippen LogP contribution in [0.1, 0.15) is 49.4 Å². The van der Waals surface area contributed by atoms with Crippen LogP contribution in [0.15, 0.2) is 34.9 Å². The average molecular weight is 504 g/mol. The van der Waals surface area contributed by atoms with Crippen LogP contribution in [-0.2, 0) is 16.0 Å². The molecule has 0 bridgehead atoms. The summed E-state index contributed by atoms with van der Waals surface area (Å²) in [4.78, 5) is 30.2. The first-order chi connectivity index (χ1) is 16.8. The van der Waals surface area contributed by atoms with Gasteiger partial charge in [-0.2, -0.15) is 0 Å². The number of benzene rings is 1. The van der Waals surface area contributed by atoms with E-state index in [0.717, 1.165) is 25.0 Å². The lowest BCUT2D eigenvalue weighted by atomic mass is 9.77. The van der Waals surface area contributed by atoms with Gasteiger partial charge in [-0.1, -0.05) is 36.7 Å². The highest BCUT2D eigenvalue weighted by Crippen LogP contribution is 2.36. The van der Waals surface area contributed by atoms with Crippen molar-refractivity contribution in [3.63, 3.8) is 0 Å². The van der Waals surface area contributed by atoms with Gasteiger partial charge in [0.1, 0.15) is 5.75 Å². The molecule has 4 rings (SSSR count). The van der Waals surface area contributed by atoms with Crippen molar-refractivity contribution < 1.29 is 23.6 Å². The highest BCUT2D eigenvalue weighted by atomic mass is 35.5. The number of aromatic nitrogens is 1. The Balaban J connectivity index is 1.51. The zero-order chi connectivity index (χ0) is 24.8. The molecule has 2 aliphatic heterocycles. The van der Waals surface area contributed by atoms with Crippen LogP contribution in [-0.4, -0.2) is 72.8 Å². The number of carbonyl (C=O) groups is 2. The van der Waals surface area contributed by atoms with E-state index < -0.39 is 5.41 Å². The first-order valence-corrected chi connectivity index (χ1v) is 12.7. The molecular formula is C26H34ClN3O5. The van der Waals surface area contributed by atoms with Crippen LogP contribution in [0.5, 0.6) is 5.75 Å². The number of amides is 2. The predicted octanol–water partition coefficient (Wildman–Crippen LogP) is 4.08. The van der Waals surface area contributed by atoms with Gasteiger partial charge in [-0.25, -0.2) is 0 Å². The smallest absolute Gasteiger partial charge is 0.292 e. The molecule has 3 heterocycles. The van der Waals surface area contributed by atoms with Crippen molar-refractivity contribution in [1.82, 2.24) is 15.0 Å². The summed E-state index contributed by atoms with van der Waals surface area (Å²) >= 11 is 6.13. The fourth-order valence-electron chi connectivity index (χ4n) is 4.82. The van der Waals surface area contributed by atoms with Crippen LogP contribution in [0.25, 0.3) is 0 Å². The topological polar surface area (TPSA) is 85.1 Å². The maximum Gasteiger partial charge on any atom is 0.292 e. The first kappa shape index (κ1) is 25.5. The largest absolute Gasteiger partial charge is 0.493 e. The lowest BCUT2D eigenvalue weighted by molar-refractivity contribution is -0.139. The molecule has 2 amide bonds. The lowest BCUT2D eigenvalue weighted by Crippen LogP contribution is -2.52. The van der Waals surface area contributed by atoms with Gasteiger partial charge in [0.05, 0.1) is 25.5 Å². The van der Waals surface area contributed by atoms with E-state index in [1.807, 2.05) is 17.0 Å². The SMILES string of the molecule is CC(C)Cc1cc(C(=O)N2CCC[C@@](COc3cccc(Cl)c3)(CC(=O)N3CCOCC3)C2)on1. The van der Waals surface area contributed by atoms with Crippen molar-refractivity contribution in [2.75, 3.05) is 46.0 Å². The predicted molar refractivity (Wildman–Crippen MR) is 132 cm³/mol. The van der Waals surface area contributed by atoms with Gasteiger partial charge in [0.2, 0.25) is 11.7 Å². The van der Waals surface area contributed by atoms with E-state index in [-0.39, 0.29) is 17.6 Å². The minimum Gasteiger partial charge on any atom is -0.493 e. The quantitative estimate of drug-likeness (QED) is 0.539. The number of halogens is 1. The van der Waals surface area contributed by atoms with E-state index in [1.54, 1.807) is 23.1 Å². The molecular weight excluding hydrogens is 470 g/mol. The molecule has 9 heteroatoms. The minimum absolute atomic E-state index is 0.0659. The molecule has 0 unspecified atom stereocenters. The third-order valence-corrected chi connectivity index (χ3v) is 6.80. The summed E-state index contributed by atoms with van der Waals surface area (Å²) < 4.78 is 16.9. The van der Waals surface area contributed by atoms with Crippen LogP contribution in [0.3, 0.4) is 0 Å². The Morgan fingerprint density at radius 1 is 1.17 bits per heavy atom. The summed E-state index contributed by atoms with van der Waals surface area (Å²) in [5.41, 5.74) is 0.255. The van der Waals surface area contributed by atoms with Gasteiger partial charge in [-0.15, -0.1) is 0 Å². The molecule has 2 aromatic rings.